The molecular weight excluding hydrogens is 543 g/mol. The van der Waals surface area contributed by atoms with E-state index < -0.39 is 15.9 Å². The van der Waals surface area contributed by atoms with Gasteiger partial charge in [-0.2, -0.15) is 5.26 Å². The molecule has 6 rings (SSSR count). The van der Waals surface area contributed by atoms with Gasteiger partial charge in [0.05, 0.1) is 17.6 Å². The molecule has 3 fully saturated rings. The van der Waals surface area contributed by atoms with Crippen molar-refractivity contribution in [2.45, 2.75) is 50.5 Å². The van der Waals surface area contributed by atoms with E-state index in [1.54, 1.807) is 12.1 Å². The molecule has 3 atom stereocenters. The Balaban J connectivity index is 1.33. The van der Waals surface area contributed by atoms with Crippen molar-refractivity contribution in [1.29, 1.82) is 5.26 Å². The summed E-state index contributed by atoms with van der Waals surface area (Å²) in [4.78, 5) is 20.4. The molecule has 3 aromatic rings. The van der Waals surface area contributed by atoms with Crippen LogP contribution in [0.5, 0.6) is 0 Å². The Bertz CT molecular complexity index is 1540. The minimum absolute atomic E-state index is 0.116. The van der Waals surface area contributed by atoms with Gasteiger partial charge in [0.2, 0.25) is 11.8 Å². The highest BCUT2D eigenvalue weighted by molar-refractivity contribution is 7.91. The van der Waals surface area contributed by atoms with Crippen LogP contribution >= 0.6 is 0 Å². The number of hydrogen-bond acceptors (Lipinski definition) is 7. The maximum absolute atomic E-state index is 13.7. The lowest BCUT2D eigenvalue weighted by Gasteiger charge is -2.30. The van der Waals surface area contributed by atoms with E-state index >= 15 is 0 Å². The van der Waals surface area contributed by atoms with Crippen LogP contribution < -0.4 is 10.2 Å². The van der Waals surface area contributed by atoms with Gasteiger partial charge in [-0.25, -0.2) is 17.8 Å². The van der Waals surface area contributed by atoms with Crippen LogP contribution in [-0.4, -0.2) is 49.9 Å². The standard InChI is InChI=1S/C31H33FN4O4S/c32-23-11-7-22(8-12-23)31-35-28(21-9-13-24(14-10-21)36-15-17-41(38,39)18-16-36)29(40-31)25-3-1-2-4-26(25)30(37)34-27(19-33)20-5-6-20/h7-14,20,25-27H,1-6,15-18H2,(H,34,37)/t25-,26-,27-/m1/s1. The lowest BCUT2D eigenvalue weighted by atomic mass is 9.76. The topological polar surface area (TPSA) is 116 Å². The highest BCUT2D eigenvalue weighted by atomic mass is 32.2. The minimum Gasteiger partial charge on any atom is -0.440 e. The first-order valence-corrected chi connectivity index (χ1v) is 16.2. The second-order valence-electron chi connectivity index (χ2n) is 11.4. The molecule has 8 nitrogen and oxygen atoms in total. The van der Waals surface area contributed by atoms with Gasteiger partial charge in [0, 0.05) is 41.7 Å². The lowest BCUT2D eigenvalue weighted by Crippen LogP contribution is -2.42. The van der Waals surface area contributed by atoms with E-state index in [0.29, 0.717) is 42.4 Å². The number of hydrogen-bond donors (Lipinski definition) is 1. The number of amides is 1. The molecule has 2 aliphatic carbocycles. The van der Waals surface area contributed by atoms with Crippen molar-refractivity contribution in [3.63, 3.8) is 0 Å². The number of nitrogens with one attached hydrogen (secondary N) is 1. The van der Waals surface area contributed by atoms with Gasteiger partial charge in [-0.3, -0.25) is 4.79 Å². The monoisotopic (exact) mass is 576 g/mol. The third kappa shape index (κ3) is 6.01. The van der Waals surface area contributed by atoms with Crippen LogP contribution in [0.25, 0.3) is 22.7 Å². The first kappa shape index (κ1) is 27.5. The SMILES string of the molecule is N#C[C@@H](NC(=O)[C@@H]1CCCC[C@H]1c1oc(-c2ccc(F)cc2)nc1-c1ccc(N2CCS(=O)(=O)CC2)cc1)C1CC1. The zero-order chi connectivity index (χ0) is 28.6. The van der Waals surface area contributed by atoms with Crippen LogP contribution in [0.15, 0.2) is 52.9 Å². The average Bonchev–Trinajstić information content (AvgIpc) is 3.74. The van der Waals surface area contributed by atoms with E-state index in [2.05, 4.69) is 16.3 Å². The maximum Gasteiger partial charge on any atom is 0.226 e. The predicted molar refractivity (Wildman–Crippen MR) is 153 cm³/mol. The van der Waals surface area contributed by atoms with Crippen molar-refractivity contribution in [2.24, 2.45) is 11.8 Å². The first-order chi connectivity index (χ1) is 19.8. The Hall–Kier alpha value is -3.71. The van der Waals surface area contributed by atoms with E-state index in [4.69, 9.17) is 9.40 Å². The molecule has 1 aliphatic heterocycles. The fraction of sp³-hybridized carbons (Fsp3) is 0.452. The Labute approximate surface area is 239 Å². The van der Waals surface area contributed by atoms with Crippen LogP contribution in [-0.2, 0) is 14.6 Å². The first-order valence-electron chi connectivity index (χ1n) is 14.3. The molecule has 0 radical (unpaired) electrons. The molecule has 2 aromatic carbocycles. The van der Waals surface area contributed by atoms with Crippen LogP contribution in [0, 0.1) is 29.0 Å². The second kappa shape index (κ2) is 11.3. The summed E-state index contributed by atoms with van der Waals surface area (Å²) in [6.07, 6.45) is 5.24. The Morgan fingerprint density at radius 3 is 2.32 bits per heavy atom. The van der Waals surface area contributed by atoms with Crippen molar-refractivity contribution >= 4 is 21.4 Å². The van der Waals surface area contributed by atoms with E-state index in [1.807, 2.05) is 24.3 Å². The van der Waals surface area contributed by atoms with Crippen LogP contribution in [0.1, 0.15) is 50.2 Å². The number of nitrogens with zero attached hydrogens (tertiary/aromatic N) is 3. The summed E-state index contributed by atoms with van der Waals surface area (Å²) in [5, 5.41) is 12.6. The number of carbonyl (C=O) groups is 1. The molecule has 0 unspecified atom stereocenters. The molecule has 1 amide bonds. The number of aromatic nitrogens is 1. The summed E-state index contributed by atoms with van der Waals surface area (Å²) in [6.45, 7) is 0.907. The molecule has 3 aliphatic rings. The summed E-state index contributed by atoms with van der Waals surface area (Å²) in [7, 11) is -2.98. The number of halogens is 1. The number of carbonyl (C=O) groups excluding carboxylic acids is 1. The highest BCUT2D eigenvalue weighted by Crippen LogP contribution is 2.44. The van der Waals surface area contributed by atoms with Gasteiger partial charge in [0.25, 0.3) is 0 Å². The van der Waals surface area contributed by atoms with Crippen LogP contribution in [0.3, 0.4) is 0 Å². The molecule has 2 heterocycles. The van der Waals surface area contributed by atoms with E-state index in [1.165, 1.54) is 12.1 Å². The average molecular weight is 577 g/mol. The van der Waals surface area contributed by atoms with Crippen LogP contribution in [0.2, 0.25) is 0 Å². The summed E-state index contributed by atoms with van der Waals surface area (Å²) < 4.78 is 43.8. The van der Waals surface area contributed by atoms with Gasteiger partial charge in [0.15, 0.2) is 9.84 Å². The number of oxazole rings is 1. The molecule has 2 saturated carbocycles. The van der Waals surface area contributed by atoms with Gasteiger partial charge in [-0.1, -0.05) is 25.0 Å². The molecule has 214 valence electrons. The maximum atomic E-state index is 13.7. The molecule has 41 heavy (non-hydrogen) atoms. The highest BCUT2D eigenvalue weighted by Gasteiger charge is 2.40. The summed E-state index contributed by atoms with van der Waals surface area (Å²) in [5.74, 6) is 0.465. The van der Waals surface area contributed by atoms with Gasteiger partial charge >= 0.3 is 0 Å². The van der Waals surface area contributed by atoms with Crippen molar-refractivity contribution in [1.82, 2.24) is 10.3 Å². The molecular formula is C31H33FN4O4S. The van der Waals surface area contributed by atoms with Gasteiger partial charge < -0.3 is 14.6 Å². The number of benzene rings is 2. The van der Waals surface area contributed by atoms with Crippen molar-refractivity contribution in [3.05, 3.63) is 60.1 Å². The normalized spacial score (nSPS) is 23.0. The van der Waals surface area contributed by atoms with Gasteiger partial charge in [-0.15, -0.1) is 0 Å². The smallest absolute Gasteiger partial charge is 0.226 e. The zero-order valence-corrected chi connectivity index (χ0v) is 23.6. The Morgan fingerprint density at radius 2 is 1.66 bits per heavy atom. The molecule has 0 bridgehead atoms. The predicted octanol–water partition coefficient (Wildman–Crippen LogP) is 5.07. The van der Waals surface area contributed by atoms with Crippen molar-refractivity contribution in [3.8, 4) is 28.8 Å². The van der Waals surface area contributed by atoms with E-state index in [0.717, 1.165) is 43.4 Å². The Morgan fingerprint density at radius 1 is 1.00 bits per heavy atom. The molecule has 0 spiro atoms. The quantitative estimate of drug-likeness (QED) is 0.417. The number of nitriles is 1. The third-order valence-corrected chi connectivity index (χ3v) is 10.2. The molecule has 1 saturated heterocycles. The van der Waals surface area contributed by atoms with Crippen molar-refractivity contribution < 1.29 is 22.0 Å². The Kier molecular flexibility index (Phi) is 7.56. The van der Waals surface area contributed by atoms with Crippen molar-refractivity contribution in [2.75, 3.05) is 29.5 Å². The van der Waals surface area contributed by atoms with Gasteiger partial charge in [0.1, 0.15) is 23.3 Å². The lowest BCUT2D eigenvalue weighted by molar-refractivity contribution is -0.127. The van der Waals surface area contributed by atoms with E-state index in [9.17, 15) is 22.9 Å². The minimum atomic E-state index is -2.98. The second-order valence-corrected chi connectivity index (χ2v) is 13.7. The largest absolute Gasteiger partial charge is 0.440 e. The summed E-state index contributed by atoms with van der Waals surface area (Å²) in [5.41, 5.74) is 3.04. The van der Waals surface area contributed by atoms with E-state index in [-0.39, 0.29) is 41.0 Å². The number of sulfone groups is 1. The van der Waals surface area contributed by atoms with Crippen LogP contribution in [0.4, 0.5) is 10.1 Å². The molecule has 1 aromatic heterocycles. The number of rotatable bonds is 7. The zero-order valence-electron chi connectivity index (χ0n) is 22.8. The fourth-order valence-corrected chi connectivity index (χ4v) is 7.21. The number of anilines is 1. The molecule has 1 N–H and O–H groups in total. The summed E-state index contributed by atoms with van der Waals surface area (Å²) >= 11 is 0. The van der Waals surface area contributed by atoms with Gasteiger partial charge in [-0.05, 0) is 68.0 Å². The third-order valence-electron chi connectivity index (χ3n) is 8.56. The summed E-state index contributed by atoms with van der Waals surface area (Å²) in [6, 6.07) is 15.6. The fourth-order valence-electron chi connectivity index (χ4n) is 6.01. The molecule has 10 heteroatoms.